The summed E-state index contributed by atoms with van der Waals surface area (Å²) < 4.78 is 6.90. The van der Waals surface area contributed by atoms with Crippen molar-refractivity contribution in [1.29, 1.82) is 0 Å². The quantitative estimate of drug-likeness (QED) is 0.729. The maximum Gasteiger partial charge on any atom is 0.311 e. The first kappa shape index (κ1) is 19.1. The predicted octanol–water partition coefficient (Wildman–Crippen LogP) is 3.91. The molecule has 0 fully saturated rings. The van der Waals surface area contributed by atoms with Gasteiger partial charge in [-0.3, -0.25) is 14.2 Å². The lowest BCUT2D eigenvalue weighted by Crippen LogP contribution is -2.21. The standard InChI is InChI=1S/C23H24N2O4/c1-24(2)15-9-12-19-18(13-15)21-17(23(27)28)5-4-6-20(21)25(19)22(26)14-7-10-16(29-3)11-8-14/h7-13,17H,4-6H2,1-3H3,(H,27,28). The number of nitrogens with zero attached hydrogens (tertiary/aromatic N) is 2. The van der Waals surface area contributed by atoms with Crippen LogP contribution in [0.25, 0.3) is 10.9 Å². The summed E-state index contributed by atoms with van der Waals surface area (Å²) in [5, 5.41) is 10.7. The first-order chi connectivity index (χ1) is 13.9. The molecule has 150 valence electrons. The van der Waals surface area contributed by atoms with E-state index in [4.69, 9.17) is 4.74 Å². The van der Waals surface area contributed by atoms with Crippen LogP contribution in [0.15, 0.2) is 42.5 Å². The lowest BCUT2D eigenvalue weighted by atomic mass is 9.85. The molecule has 1 unspecified atom stereocenters. The Morgan fingerprint density at radius 2 is 1.86 bits per heavy atom. The van der Waals surface area contributed by atoms with Crippen molar-refractivity contribution in [3.63, 3.8) is 0 Å². The Hall–Kier alpha value is -3.28. The number of benzene rings is 2. The van der Waals surface area contributed by atoms with Gasteiger partial charge in [0, 0.05) is 36.4 Å². The number of carbonyl (C=O) groups excluding carboxylic acids is 1. The molecule has 1 atom stereocenters. The van der Waals surface area contributed by atoms with E-state index in [1.54, 1.807) is 35.9 Å². The fourth-order valence-electron chi connectivity index (χ4n) is 4.23. The molecule has 1 aromatic heterocycles. The minimum atomic E-state index is -0.836. The van der Waals surface area contributed by atoms with E-state index in [2.05, 4.69) is 0 Å². The molecule has 0 bridgehead atoms. The number of carbonyl (C=O) groups is 2. The zero-order valence-corrected chi connectivity index (χ0v) is 16.8. The molecule has 1 heterocycles. The summed E-state index contributed by atoms with van der Waals surface area (Å²) in [6, 6.07) is 12.9. The molecule has 0 saturated carbocycles. The monoisotopic (exact) mass is 392 g/mol. The van der Waals surface area contributed by atoms with Crippen LogP contribution in [-0.4, -0.2) is 42.8 Å². The van der Waals surface area contributed by atoms with Crippen LogP contribution >= 0.6 is 0 Å². The largest absolute Gasteiger partial charge is 0.497 e. The highest BCUT2D eigenvalue weighted by Gasteiger charge is 2.33. The number of ether oxygens (including phenoxy) is 1. The molecule has 1 aliphatic carbocycles. The second kappa shape index (κ2) is 7.28. The normalized spacial score (nSPS) is 15.8. The van der Waals surface area contributed by atoms with E-state index in [1.807, 2.05) is 37.2 Å². The van der Waals surface area contributed by atoms with Crippen LogP contribution in [0.5, 0.6) is 5.75 Å². The Morgan fingerprint density at radius 3 is 2.48 bits per heavy atom. The van der Waals surface area contributed by atoms with Crippen LogP contribution in [0.2, 0.25) is 0 Å². The molecule has 1 N–H and O–H groups in total. The molecule has 6 nitrogen and oxygen atoms in total. The number of rotatable bonds is 4. The lowest BCUT2D eigenvalue weighted by molar-refractivity contribution is -0.139. The van der Waals surface area contributed by atoms with Crippen molar-refractivity contribution in [2.24, 2.45) is 0 Å². The third kappa shape index (κ3) is 3.14. The van der Waals surface area contributed by atoms with Crippen molar-refractivity contribution in [2.45, 2.75) is 25.2 Å². The van der Waals surface area contributed by atoms with Gasteiger partial charge in [-0.1, -0.05) is 0 Å². The number of methoxy groups -OCH3 is 1. The van der Waals surface area contributed by atoms with Crippen LogP contribution in [0.1, 0.15) is 40.4 Å². The Labute approximate surface area is 169 Å². The van der Waals surface area contributed by atoms with Gasteiger partial charge >= 0.3 is 5.97 Å². The van der Waals surface area contributed by atoms with Gasteiger partial charge in [0.2, 0.25) is 0 Å². The van der Waals surface area contributed by atoms with Crippen molar-refractivity contribution in [2.75, 3.05) is 26.1 Å². The summed E-state index contributed by atoms with van der Waals surface area (Å²) in [6.45, 7) is 0. The molecule has 2 aromatic carbocycles. The molecule has 0 amide bonds. The highest BCUT2D eigenvalue weighted by Crippen LogP contribution is 2.41. The first-order valence-corrected chi connectivity index (χ1v) is 9.68. The number of hydrogen-bond donors (Lipinski definition) is 1. The number of carboxylic acids is 1. The smallest absolute Gasteiger partial charge is 0.311 e. The topological polar surface area (TPSA) is 71.8 Å². The molecule has 6 heteroatoms. The van der Waals surface area contributed by atoms with Gasteiger partial charge in [0.25, 0.3) is 5.91 Å². The maximum absolute atomic E-state index is 13.5. The van der Waals surface area contributed by atoms with Gasteiger partial charge < -0.3 is 14.7 Å². The van der Waals surface area contributed by atoms with Crippen molar-refractivity contribution in [3.8, 4) is 5.75 Å². The zero-order chi connectivity index (χ0) is 20.7. The second-order valence-electron chi connectivity index (χ2n) is 7.61. The van der Waals surface area contributed by atoms with Crippen LogP contribution in [-0.2, 0) is 11.2 Å². The van der Waals surface area contributed by atoms with E-state index in [0.29, 0.717) is 24.2 Å². The molecular weight excluding hydrogens is 368 g/mol. The highest BCUT2D eigenvalue weighted by atomic mass is 16.5. The maximum atomic E-state index is 13.5. The Bertz CT molecular complexity index is 1100. The summed E-state index contributed by atoms with van der Waals surface area (Å²) in [6.07, 6.45) is 2.02. The highest BCUT2D eigenvalue weighted by molar-refractivity contribution is 6.06. The summed E-state index contributed by atoms with van der Waals surface area (Å²) in [5.41, 5.74) is 3.87. The number of carboxylic acid groups (broad SMARTS) is 1. The number of aromatic nitrogens is 1. The van der Waals surface area contributed by atoms with Gasteiger partial charge in [-0.15, -0.1) is 0 Å². The average molecular weight is 392 g/mol. The summed E-state index contributed by atoms with van der Waals surface area (Å²) in [5.74, 6) is -0.897. The van der Waals surface area contributed by atoms with Gasteiger partial charge in [-0.2, -0.15) is 0 Å². The minimum absolute atomic E-state index is 0.150. The number of aliphatic carboxylic acids is 1. The predicted molar refractivity (Wildman–Crippen MR) is 112 cm³/mol. The van der Waals surface area contributed by atoms with Gasteiger partial charge in [-0.05, 0) is 67.3 Å². The molecule has 1 aliphatic rings. The first-order valence-electron chi connectivity index (χ1n) is 9.68. The molecule has 3 aromatic rings. The molecular formula is C23H24N2O4. The Kier molecular flexibility index (Phi) is 4.78. The van der Waals surface area contributed by atoms with Crippen molar-refractivity contribution < 1.29 is 19.4 Å². The second-order valence-corrected chi connectivity index (χ2v) is 7.61. The zero-order valence-electron chi connectivity index (χ0n) is 16.8. The third-order valence-electron chi connectivity index (χ3n) is 5.70. The van der Waals surface area contributed by atoms with Crippen LogP contribution in [0.3, 0.4) is 0 Å². The molecule has 0 radical (unpaired) electrons. The molecule has 0 spiro atoms. The van der Waals surface area contributed by atoms with Crippen molar-refractivity contribution in [1.82, 2.24) is 4.57 Å². The lowest BCUT2D eigenvalue weighted by Gasteiger charge is -2.21. The van der Waals surface area contributed by atoms with Crippen LogP contribution in [0, 0.1) is 0 Å². The van der Waals surface area contributed by atoms with Gasteiger partial charge in [0.05, 0.1) is 18.5 Å². The average Bonchev–Trinajstić information content (AvgIpc) is 3.06. The summed E-state index contributed by atoms with van der Waals surface area (Å²) in [4.78, 5) is 27.4. The van der Waals surface area contributed by atoms with Crippen LogP contribution in [0.4, 0.5) is 5.69 Å². The number of fused-ring (bicyclic) bond motifs is 3. The summed E-state index contributed by atoms with van der Waals surface area (Å²) in [7, 11) is 5.48. The van der Waals surface area contributed by atoms with E-state index in [1.165, 1.54) is 0 Å². The third-order valence-corrected chi connectivity index (χ3v) is 5.70. The van der Waals surface area contributed by atoms with Gasteiger partial charge in [0.1, 0.15) is 5.75 Å². The Balaban J connectivity index is 1.96. The Morgan fingerprint density at radius 1 is 1.14 bits per heavy atom. The van der Waals surface area contributed by atoms with Gasteiger partial charge in [-0.25, -0.2) is 0 Å². The van der Waals surface area contributed by atoms with E-state index in [-0.39, 0.29) is 5.91 Å². The number of anilines is 1. The van der Waals surface area contributed by atoms with Crippen molar-refractivity contribution >= 4 is 28.5 Å². The van der Waals surface area contributed by atoms with E-state index in [9.17, 15) is 14.7 Å². The fraction of sp³-hybridized carbons (Fsp3) is 0.304. The van der Waals surface area contributed by atoms with Gasteiger partial charge in [0.15, 0.2) is 0 Å². The van der Waals surface area contributed by atoms with Crippen LogP contribution < -0.4 is 9.64 Å². The van der Waals surface area contributed by atoms with Crippen molar-refractivity contribution in [3.05, 3.63) is 59.3 Å². The SMILES string of the molecule is COc1ccc(C(=O)n2c3c(c4cc(N(C)C)ccc42)C(C(=O)O)CCC3)cc1. The molecule has 29 heavy (non-hydrogen) atoms. The molecule has 0 saturated heterocycles. The fourth-order valence-corrected chi connectivity index (χ4v) is 4.23. The summed E-state index contributed by atoms with van der Waals surface area (Å²) >= 11 is 0. The number of hydrogen-bond acceptors (Lipinski definition) is 4. The minimum Gasteiger partial charge on any atom is -0.497 e. The van der Waals surface area contributed by atoms with E-state index in [0.717, 1.165) is 34.3 Å². The molecule has 0 aliphatic heterocycles. The molecule has 4 rings (SSSR count). The van der Waals surface area contributed by atoms with E-state index >= 15 is 0 Å². The van der Waals surface area contributed by atoms with E-state index < -0.39 is 11.9 Å².